The van der Waals surface area contributed by atoms with E-state index in [1.807, 2.05) is 39.0 Å². The van der Waals surface area contributed by atoms with Crippen molar-refractivity contribution in [2.75, 3.05) is 18.5 Å². The van der Waals surface area contributed by atoms with Crippen molar-refractivity contribution in [1.82, 2.24) is 4.90 Å². The van der Waals surface area contributed by atoms with Crippen LogP contribution >= 0.6 is 35.0 Å². The summed E-state index contributed by atoms with van der Waals surface area (Å²) in [5, 5.41) is 3.28. The molecule has 0 bridgehead atoms. The Morgan fingerprint density at radius 3 is 2.49 bits per heavy atom. The lowest BCUT2D eigenvalue weighted by Crippen LogP contribution is -2.27. The van der Waals surface area contributed by atoms with E-state index in [2.05, 4.69) is 5.32 Å². The van der Waals surface area contributed by atoms with Crippen LogP contribution < -0.4 is 14.8 Å². The van der Waals surface area contributed by atoms with Gasteiger partial charge in [-0.2, -0.15) is 0 Å². The fourth-order valence-corrected chi connectivity index (χ4v) is 5.08. The molecule has 202 valence electrons. The lowest BCUT2D eigenvalue weighted by atomic mass is 10.1. The van der Waals surface area contributed by atoms with Gasteiger partial charge < -0.3 is 14.8 Å². The van der Waals surface area contributed by atoms with Crippen molar-refractivity contribution >= 4 is 63.8 Å². The standard InChI is InChI=1S/C29H26Cl2N2O5S/c1-4-37-25-12-19(6-10-24(25)38-16-27(34)32-22-9-5-17(2)18(3)11-22)13-26-28(35)33(29(36)39-26)15-20-7-8-21(30)14-23(20)31/h5-14H,4,15-16H2,1-3H3,(H,32,34)/b26-13-. The van der Waals surface area contributed by atoms with Crippen LogP contribution in [0, 0.1) is 13.8 Å². The molecule has 0 spiro atoms. The smallest absolute Gasteiger partial charge is 0.293 e. The minimum absolute atomic E-state index is 0.0409. The third kappa shape index (κ3) is 7.15. The third-order valence-corrected chi connectivity index (χ3v) is 7.43. The molecule has 7 nitrogen and oxygen atoms in total. The summed E-state index contributed by atoms with van der Waals surface area (Å²) >= 11 is 13.0. The molecule has 0 aromatic heterocycles. The van der Waals surface area contributed by atoms with Crippen molar-refractivity contribution in [3.05, 3.63) is 91.8 Å². The van der Waals surface area contributed by atoms with Crippen LogP contribution in [-0.2, 0) is 16.1 Å². The van der Waals surface area contributed by atoms with Gasteiger partial charge in [0.1, 0.15) is 0 Å². The fraction of sp³-hybridized carbons (Fsp3) is 0.207. The van der Waals surface area contributed by atoms with E-state index >= 15 is 0 Å². The number of hydrogen-bond acceptors (Lipinski definition) is 6. The Morgan fingerprint density at radius 1 is 0.974 bits per heavy atom. The Hall–Kier alpha value is -3.46. The van der Waals surface area contributed by atoms with Gasteiger partial charge in [0.2, 0.25) is 0 Å². The van der Waals surface area contributed by atoms with Gasteiger partial charge in [-0.1, -0.05) is 41.4 Å². The van der Waals surface area contributed by atoms with Crippen molar-refractivity contribution in [3.8, 4) is 11.5 Å². The highest BCUT2D eigenvalue weighted by molar-refractivity contribution is 8.18. The zero-order valence-corrected chi connectivity index (χ0v) is 23.9. The summed E-state index contributed by atoms with van der Waals surface area (Å²) < 4.78 is 11.4. The summed E-state index contributed by atoms with van der Waals surface area (Å²) in [5.74, 6) is 0.0729. The van der Waals surface area contributed by atoms with Gasteiger partial charge >= 0.3 is 0 Å². The van der Waals surface area contributed by atoms with Gasteiger partial charge in [-0.05, 0) is 97.3 Å². The number of imide groups is 1. The van der Waals surface area contributed by atoms with Crippen LogP contribution in [0.1, 0.15) is 29.2 Å². The number of thioether (sulfide) groups is 1. The molecule has 3 aromatic carbocycles. The van der Waals surface area contributed by atoms with E-state index < -0.39 is 11.1 Å². The summed E-state index contributed by atoms with van der Waals surface area (Å²) in [6, 6.07) is 15.7. The zero-order chi connectivity index (χ0) is 28.1. The quantitative estimate of drug-likeness (QED) is 0.266. The molecule has 1 N–H and O–H groups in total. The molecule has 0 radical (unpaired) electrons. The molecule has 0 aliphatic carbocycles. The first kappa shape index (κ1) is 28.5. The first-order chi connectivity index (χ1) is 18.6. The van der Waals surface area contributed by atoms with Crippen LogP contribution in [0.4, 0.5) is 10.5 Å². The molecular formula is C29H26Cl2N2O5S. The minimum Gasteiger partial charge on any atom is -0.490 e. The predicted molar refractivity (Wildman–Crippen MR) is 156 cm³/mol. The molecule has 3 aromatic rings. The number of ether oxygens (including phenoxy) is 2. The maximum absolute atomic E-state index is 13.0. The van der Waals surface area contributed by atoms with Crippen LogP contribution in [0.25, 0.3) is 6.08 Å². The lowest BCUT2D eigenvalue weighted by Gasteiger charge is -2.14. The van der Waals surface area contributed by atoms with E-state index in [4.69, 9.17) is 32.7 Å². The van der Waals surface area contributed by atoms with Crippen molar-refractivity contribution in [2.24, 2.45) is 0 Å². The molecule has 4 rings (SSSR count). The van der Waals surface area contributed by atoms with E-state index in [1.54, 1.807) is 42.5 Å². The Balaban J connectivity index is 1.44. The van der Waals surface area contributed by atoms with Gasteiger partial charge in [-0.15, -0.1) is 0 Å². The van der Waals surface area contributed by atoms with Crippen LogP contribution in [-0.4, -0.2) is 35.2 Å². The molecule has 1 saturated heterocycles. The monoisotopic (exact) mass is 584 g/mol. The first-order valence-electron chi connectivity index (χ1n) is 12.1. The summed E-state index contributed by atoms with van der Waals surface area (Å²) in [4.78, 5) is 39.4. The Labute approximate surface area is 241 Å². The topological polar surface area (TPSA) is 84.9 Å². The minimum atomic E-state index is -0.419. The van der Waals surface area contributed by atoms with E-state index in [0.29, 0.717) is 45.0 Å². The number of nitrogens with zero attached hydrogens (tertiary/aromatic N) is 1. The third-order valence-electron chi connectivity index (χ3n) is 5.93. The summed E-state index contributed by atoms with van der Waals surface area (Å²) in [6.45, 7) is 6.01. The summed E-state index contributed by atoms with van der Waals surface area (Å²) in [6.07, 6.45) is 1.62. The fourth-order valence-electron chi connectivity index (χ4n) is 3.77. The van der Waals surface area contributed by atoms with Crippen LogP contribution in [0.3, 0.4) is 0 Å². The SMILES string of the molecule is CCOc1cc(/C=C2\SC(=O)N(Cc3ccc(Cl)cc3Cl)C2=O)ccc1OCC(=O)Nc1ccc(C)c(C)c1. The Bertz CT molecular complexity index is 1470. The Morgan fingerprint density at radius 2 is 1.77 bits per heavy atom. The van der Waals surface area contributed by atoms with Gasteiger partial charge in [0, 0.05) is 15.7 Å². The molecular weight excluding hydrogens is 559 g/mol. The van der Waals surface area contributed by atoms with Gasteiger partial charge in [0.05, 0.1) is 18.1 Å². The van der Waals surface area contributed by atoms with Crippen LogP contribution in [0.5, 0.6) is 11.5 Å². The second-order valence-corrected chi connectivity index (χ2v) is 10.6. The largest absolute Gasteiger partial charge is 0.490 e. The average Bonchev–Trinajstić information content (AvgIpc) is 3.14. The number of halogens is 2. The van der Waals surface area contributed by atoms with Gasteiger partial charge in [0.15, 0.2) is 18.1 Å². The number of carbonyl (C=O) groups excluding carboxylic acids is 3. The molecule has 1 aliphatic heterocycles. The average molecular weight is 586 g/mol. The molecule has 0 unspecified atom stereocenters. The number of amides is 3. The van der Waals surface area contributed by atoms with Crippen molar-refractivity contribution in [2.45, 2.75) is 27.3 Å². The number of aryl methyl sites for hydroxylation is 2. The van der Waals surface area contributed by atoms with Crippen molar-refractivity contribution < 1.29 is 23.9 Å². The highest BCUT2D eigenvalue weighted by Crippen LogP contribution is 2.36. The number of benzene rings is 3. The molecule has 1 fully saturated rings. The maximum atomic E-state index is 13.0. The highest BCUT2D eigenvalue weighted by Gasteiger charge is 2.35. The van der Waals surface area contributed by atoms with E-state index in [-0.39, 0.29) is 24.0 Å². The van der Waals surface area contributed by atoms with Gasteiger partial charge in [-0.3, -0.25) is 19.3 Å². The maximum Gasteiger partial charge on any atom is 0.293 e. The van der Waals surface area contributed by atoms with Crippen LogP contribution in [0.2, 0.25) is 10.0 Å². The highest BCUT2D eigenvalue weighted by atomic mass is 35.5. The second kappa shape index (κ2) is 12.6. The van der Waals surface area contributed by atoms with Crippen molar-refractivity contribution in [3.63, 3.8) is 0 Å². The zero-order valence-electron chi connectivity index (χ0n) is 21.5. The number of rotatable bonds is 9. The summed E-state index contributed by atoms with van der Waals surface area (Å²) in [7, 11) is 0. The van der Waals surface area contributed by atoms with E-state index in [0.717, 1.165) is 27.8 Å². The molecule has 10 heteroatoms. The number of hydrogen-bond donors (Lipinski definition) is 1. The molecule has 0 saturated carbocycles. The molecule has 0 atom stereocenters. The number of anilines is 1. The normalized spacial score (nSPS) is 14.2. The van der Waals surface area contributed by atoms with Gasteiger partial charge in [-0.25, -0.2) is 0 Å². The molecule has 39 heavy (non-hydrogen) atoms. The van der Waals surface area contributed by atoms with E-state index in [1.165, 1.54) is 0 Å². The lowest BCUT2D eigenvalue weighted by molar-refractivity contribution is -0.123. The van der Waals surface area contributed by atoms with Crippen LogP contribution in [0.15, 0.2) is 59.5 Å². The Kier molecular flexibility index (Phi) is 9.22. The molecule has 1 aliphatic rings. The first-order valence-corrected chi connectivity index (χ1v) is 13.7. The molecule has 3 amide bonds. The van der Waals surface area contributed by atoms with E-state index in [9.17, 15) is 14.4 Å². The molecule has 1 heterocycles. The summed E-state index contributed by atoms with van der Waals surface area (Å²) in [5.41, 5.74) is 4.17. The van der Waals surface area contributed by atoms with Gasteiger partial charge in [0.25, 0.3) is 17.1 Å². The second-order valence-electron chi connectivity index (χ2n) is 8.78. The van der Waals surface area contributed by atoms with Crippen molar-refractivity contribution in [1.29, 1.82) is 0 Å². The number of nitrogens with one attached hydrogen (secondary N) is 1. The number of carbonyl (C=O) groups is 3. The predicted octanol–water partition coefficient (Wildman–Crippen LogP) is 7.26.